The monoisotopic (exact) mass is 465 g/mol. The van der Waals surface area contributed by atoms with Crippen LogP contribution in [0.5, 0.6) is 5.75 Å². The van der Waals surface area contributed by atoms with Gasteiger partial charge in [-0.1, -0.05) is 78.9 Å². The minimum atomic E-state index is -0.486. The van der Waals surface area contributed by atoms with Crippen molar-refractivity contribution in [1.29, 1.82) is 0 Å². The number of nitrogens with zero attached hydrogens (tertiary/aromatic N) is 1. The molecule has 1 aromatic heterocycles. The van der Waals surface area contributed by atoms with E-state index < -0.39 is 5.97 Å². The van der Waals surface area contributed by atoms with Gasteiger partial charge in [0.25, 0.3) is 0 Å². The Hall–Kier alpha value is -4.12. The van der Waals surface area contributed by atoms with Crippen LogP contribution in [-0.2, 0) is 16.1 Å². The first-order valence-corrected chi connectivity index (χ1v) is 11.9. The molecule has 5 rings (SSSR count). The van der Waals surface area contributed by atoms with Gasteiger partial charge in [-0.05, 0) is 49.3 Å². The largest absolute Gasteiger partial charge is 0.436 e. The zero-order chi connectivity index (χ0) is 24.0. The lowest BCUT2D eigenvalue weighted by Crippen LogP contribution is -2.11. The average Bonchev–Trinajstić information content (AvgIpc) is 3.34. The lowest BCUT2D eigenvalue weighted by atomic mass is 9.83. The van der Waals surface area contributed by atoms with Crippen molar-refractivity contribution >= 4 is 11.5 Å². The maximum Gasteiger partial charge on any atom is 0.352 e. The molecule has 4 aromatic rings. The standard InChI is InChI=1S/C30H27NO4/c1-21(32)34-35-26-17-10-11-22(20-26)19-25-16-8-9-18-27(25)30-31-28(23-12-4-2-5-13-23)29(33-30)24-14-6-3-7-15-24/h2-7,10-15,17-18,20,25H,8-9,16,19H2,1H3. The van der Waals surface area contributed by atoms with Gasteiger partial charge in [0, 0.05) is 23.6 Å². The molecule has 1 atom stereocenters. The predicted molar refractivity (Wildman–Crippen MR) is 135 cm³/mol. The first-order valence-electron chi connectivity index (χ1n) is 11.9. The third-order valence-corrected chi connectivity index (χ3v) is 6.15. The Morgan fingerprint density at radius 1 is 0.971 bits per heavy atom. The number of aromatic nitrogens is 1. The average molecular weight is 466 g/mol. The van der Waals surface area contributed by atoms with Crippen LogP contribution in [0.2, 0.25) is 0 Å². The summed E-state index contributed by atoms with van der Waals surface area (Å²) in [7, 11) is 0. The lowest BCUT2D eigenvalue weighted by molar-refractivity contribution is -0.210. The van der Waals surface area contributed by atoms with E-state index in [0.29, 0.717) is 11.6 Å². The van der Waals surface area contributed by atoms with Gasteiger partial charge in [0.2, 0.25) is 5.89 Å². The second-order valence-corrected chi connectivity index (χ2v) is 8.73. The van der Waals surface area contributed by atoms with Crippen LogP contribution >= 0.6 is 0 Å². The fraction of sp³-hybridized carbons (Fsp3) is 0.200. The van der Waals surface area contributed by atoms with Crippen molar-refractivity contribution < 1.29 is 19.0 Å². The quantitative estimate of drug-likeness (QED) is 0.212. The number of allylic oxidation sites excluding steroid dienone is 2. The zero-order valence-electron chi connectivity index (χ0n) is 19.6. The third-order valence-electron chi connectivity index (χ3n) is 6.15. The predicted octanol–water partition coefficient (Wildman–Crippen LogP) is 7.29. The van der Waals surface area contributed by atoms with Crippen LogP contribution in [0.25, 0.3) is 28.2 Å². The molecule has 5 nitrogen and oxygen atoms in total. The van der Waals surface area contributed by atoms with Crippen LogP contribution in [0.3, 0.4) is 0 Å². The maximum atomic E-state index is 11.1. The molecule has 1 unspecified atom stereocenters. The summed E-state index contributed by atoms with van der Waals surface area (Å²) in [6.07, 6.45) is 6.25. The van der Waals surface area contributed by atoms with Crippen molar-refractivity contribution in [2.45, 2.75) is 32.6 Å². The molecule has 0 spiro atoms. The molecule has 0 N–H and O–H groups in total. The summed E-state index contributed by atoms with van der Waals surface area (Å²) in [6, 6.07) is 28.0. The molecule has 0 amide bonds. The van der Waals surface area contributed by atoms with E-state index in [4.69, 9.17) is 14.3 Å². The fourth-order valence-corrected chi connectivity index (χ4v) is 4.55. The Labute approximate surface area is 205 Å². The summed E-state index contributed by atoms with van der Waals surface area (Å²) in [5, 5.41) is 0. The molecule has 0 bridgehead atoms. The van der Waals surface area contributed by atoms with Crippen LogP contribution in [0.4, 0.5) is 0 Å². The second kappa shape index (κ2) is 10.4. The summed E-state index contributed by atoms with van der Waals surface area (Å²) < 4.78 is 6.49. The van der Waals surface area contributed by atoms with Gasteiger partial charge in [-0.25, -0.2) is 9.78 Å². The Bertz CT molecular complexity index is 1270. The van der Waals surface area contributed by atoms with E-state index in [2.05, 4.69) is 41.3 Å². The molecule has 5 heteroatoms. The molecular weight excluding hydrogens is 438 g/mol. The van der Waals surface area contributed by atoms with E-state index in [1.807, 2.05) is 48.5 Å². The van der Waals surface area contributed by atoms with E-state index in [9.17, 15) is 4.79 Å². The Kier molecular flexibility index (Phi) is 6.75. The SMILES string of the molecule is CC(=O)OOc1cccc(CC2CCCC=C2c2nc(-c3ccccc3)c(-c3ccccc3)o2)c1. The van der Waals surface area contributed by atoms with Crippen LogP contribution in [-0.4, -0.2) is 11.0 Å². The molecule has 0 fully saturated rings. The lowest BCUT2D eigenvalue weighted by Gasteiger charge is -2.22. The van der Waals surface area contributed by atoms with Crippen molar-refractivity contribution in [2.75, 3.05) is 0 Å². The van der Waals surface area contributed by atoms with Crippen LogP contribution in [0, 0.1) is 5.92 Å². The van der Waals surface area contributed by atoms with Crippen molar-refractivity contribution in [3.63, 3.8) is 0 Å². The highest BCUT2D eigenvalue weighted by atomic mass is 17.2. The van der Waals surface area contributed by atoms with Crippen molar-refractivity contribution in [3.05, 3.63) is 102 Å². The molecule has 35 heavy (non-hydrogen) atoms. The topological polar surface area (TPSA) is 61.6 Å². The summed E-state index contributed by atoms with van der Waals surface area (Å²) in [5.41, 5.74) is 5.14. The molecule has 176 valence electrons. The van der Waals surface area contributed by atoms with Crippen LogP contribution in [0.1, 0.15) is 37.6 Å². The van der Waals surface area contributed by atoms with Gasteiger partial charge in [-0.3, -0.25) is 9.78 Å². The first-order chi connectivity index (χ1) is 17.2. The Morgan fingerprint density at radius 3 is 2.46 bits per heavy atom. The maximum absolute atomic E-state index is 11.1. The smallest absolute Gasteiger partial charge is 0.352 e. The van der Waals surface area contributed by atoms with Gasteiger partial charge in [0.05, 0.1) is 0 Å². The van der Waals surface area contributed by atoms with Crippen LogP contribution < -0.4 is 4.89 Å². The molecule has 0 radical (unpaired) electrons. The van der Waals surface area contributed by atoms with Gasteiger partial charge in [-0.15, -0.1) is 0 Å². The van der Waals surface area contributed by atoms with E-state index >= 15 is 0 Å². The summed E-state index contributed by atoms with van der Waals surface area (Å²) in [5.74, 6) is 1.75. The van der Waals surface area contributed by atoms with Crippen molar-refractivity contribution in [3.8, 4) is 28.3 Å². The fourth-order valence-electron chi connectivity index (χ4n) is 4.55. The van der Waals surface area contributed by atoms with Crippen molar-refractivity contribution in [1.82, 2.24) is 4.98 Å². The van der Waals surface area contributed by atoms with E-state index in [1.54, 1.807) is 6.07 Å². The highest BCUT2D eigenvalue weighted by molar-refractivity contribution is 5.79. The van der Waals surface area contributed by atoms with E-state index in [1.165, 1.54) is 6.92 Å². The first kappa shape index (κ1) is 22.7. The number of carbonyl (C=O) groups excluding carboxylic acids is 1. The summed E-state index contributed by atoms with van der Waals surface area (Å²) >= 11 is 0. The zero-order valence-corrected chi connectivity index (χ0v) is 19.6. The molecule has 1 heterocycles. The molecule has 3 aromatic carbocycles. The van der Waals surface area contributed by atoms with Gasteiger partial charge in [-0.2, -0.15) is 0 Å². The van der Waals surface area contributed by atoms with Gasteiger partial charge < -0.3 is 4.42 Å². The number of oxazole rings is 1. The highest BCUT2D eigenvalue weighted by Gasteiger charge is 2.26. The minimum Gasteiger partial charge on any atom is -0.436 e. The molecule has 0 aliphatic heterocycles. The van der Waals surface area contributed by atoms with Crippen molar-refractivity contribution in [2.24, 2.45) is 5.92 Å². The minimum absolute atomic E-state index is 0.263. The molecule has 1 aliphatic carbocycles. The Morgan fingerprint density at radius 2 is 1.71 bits per heavy atom. The summed E-state index contributed by atoms with van der Waals surface area (Å²) in [4.78, 5) is 25.9. The normalized spacial score (nSPS) is 15.3. The molecule has 0 saturated heterocycles. The number of hydrogen-bond donors (Lipinski definition) is 0. The Balaban J connectivity index is 1.47. The van der Waals surface area contributed by atoms with E-state index in [-0.39, 0.29) is 5.92 Å². The number of hydrogen-bond acceptors (Lipinski definition) is 5. The van der Waals surface area contributed by atoms with Gasteiger partial charge in [0.1, 0.15) is 5.69 Å². The number of carbonyl (C=O) groups is 1. The highest BCUT2D eigenvalue weighted by Crippen LogP contribution is 2.40. The molecule has 1 aliphatic rings. The number of benzene rings is 3. The van der Waals surface area contributed by atoms with Crippen LogP contribution in [0.15, 0.2) is 95.4 Å². The second-order valence-electron chi connectivity index (χ2n) is 8.73. The van der Waals surface area contributed by atoms with E-state index in [0.717, 1.165) is 59.4 Å². The van der Waals surface area contributed by atoms with Gasteiger partial charge >= 0.3 is 5.97 Å². The number of rotatable bonds is 7. The molecular formula is C30H27NO4. The summed E-state index contributed by atoms with van der Waals surface area (Å²) in [6.45, 7) is 1.31. The molecule has 0 saturated carbocycles. The van der Waals surface area contributed by atoms with Gasteiger partial charge in [0.15, 0.2) is 11.5 Å². The third kappa shape index (κ3) is 5.35.